The van der Waals surface area contributed by atoms with Crippen molar-refractivity contribution in [3.8, 4) is 0 Å². The lowest BCUT2D eigenvalue weighted by atomic mass is 10.2. The fraction of sp³-hybridized carbons (Fsp3) is 0.190. The number of amides is 1. The van der Waals surface area contributed by atoms with Crippen LogP contribution in [-0.4, -0.2) is 31.6 Å². The number of H-pyrrole nitrogens is 1. The first-order chi connectivity index (χ1) is 14.5. The lowest BCUT2D eigenvalue weighted by Crippen LogP contribution is -2.41. The van der Waals surface area contributed by atoms with E-state index in [1.807, 2.05) is 0 Å². The zero-order chi connectivity index (χ0) is 21.3. The van der Waals surface area contributed by atoms with Gasteiger partial charge in [0.25, 0.3) is 5.56 Å². The number of hydrogen-bond acceptors (Lipinski definition) is 5. The summed E-state index contributed by atoms with van der Waals surface area (Å²) in [5.41, 5.74) is -0.0463. The molecule has 1 amide bonds. The summed E-state index contributed by atoms with van der Waals surface area (Å²) in [6.45, 7) is 1.83. The topological polar surface area (TPSA) is 119 Å². The van der Waals surface area contributed by atoms with Gasteiger partial charge in [-0.3, -0.25) is 23.7 Å². The van der Waals surface area contributed by atoms with Crippen LogP contribution >= 0.6 is 0 Å². The van der Waals surface area contributed by atoms with Crippen LogP contribution in [0.5, 0.6) is 0 Å². The number of benzene rings is 2. The number of carbonyl (C=O) groups is 1. The molecule has 0 saturated heterocycles. The second-order valence-corrected chi connectivity index (χ2v) is 6.87. The molecule has 9 heteroatoms. The van der Waals surface area contributed by atoms with Gasteiger partial charge in [0, 0.05) is 13.1 Å². The van der Waals surface area contributed by atoms with Gasteiger partial charge < -0.3 is 14.9 Å². The first kappa shape index (κ1) is 19.3. The van der Waals surface area contributed by atoms with Crippen molar-refractivity contribution in [1.29, 1.82) is 0 Å². The standard InChI is InChI=1S/C21H19N5O4/c1-13(26-12-23-15-7-3-2-6-14(15)20(26)29)18(27)22-10-11-25-17-9-5-4-8-16(17)24-19(28)21(25)30/h2-9,12-13H,10-11H2,1H3,(H,22,27)(H,24,28). The van der Waals surface area contributed by atoms with Gasteiger partial charge >= 0.3 is 11.1 Å². The third kappa shape index (κ3) is 3.41. The van der Waals surface area contributed by atoms with E-state index in [-0.39, 0.29) is 18.6 Å². The number of carbonyl (C=O) groups excluding carboxylic acids is 1. The van der Waals surface area contributed by atoms with Gasteiger partial charge in [0.2, 0.25) is 5.91 Å². The van der Waals surface area contributed by atoms with E-state index in [0.717, 1.165) is 0 Å². The average molecular weight is 405 g/mol. The molecule has 0 saturated carbocycles. The molecule has 0 fully saturated rings. The van der Waals surface area contributed by atoms with Crippen LogP contribution in [0.3, 0.4) is 0 Å². The van der Waals surface area contributed by atoms with Gasteiger partial charge in [-0.2, -0.15) is 0 Å². The summed E-state index contributed by atoms with van der Waals surface area (Å²) in [5.74, 6) is -0.392. The Morgan fingerprint density at radius 3 is 2.63 bits per heavy atom. The molecule has 2 N–H and O–H groups in total. The summed E-state index contributed by atoms with van der Waals surface area (Å²) in [6, 6.07) is 13.1. The summed E-state index contributed by atoms with van der Waals surface area (Å²) in [7, 11) is 0. The molecule has 2 aromatic heterocycles. The van der Waals surface area contributed by atoms with Gasteiger partial charge in [-0.25, -0.2) is 4.98 Å². The molecule has 4 aromatic rings. The van der Waals surface area contributed by atoms with Crippen LogP contribution in [0, 0.1) is 0 Å². The van der Waals surface area contributed by atoms with E-state index in [2.05, 4.69) is 15.3 Å². The van der Waals surface area contributed by atoms with Crippen molar-refractivity contribution in [2.75, 3.05) is 6.54 Å². The third-order valence-corrected chi connectivity index (χ3v) is 5.00. The van der Waals surface area contributed by atoms with Gasteiger partial charge in [0.1, 0.15) is 6.04 Å². The van der Waals surface area contributed by atoms with Gasteiger partial charge in [-0.1, -0.05) is 24.3 Å². The summed E-state index contributed by atoms with van der Waals surface area (Å²) in [4.78, 5) is 56.1. The predicted octanol–water partition coefficient (Wildman–Crippen LogP) is 0.777. The Hall–Kier alpha value is -4.01. The Balaban J connectivity index is 1.52. The lowest BCUT2D eigenvalue weighted by Gasteiger charge is -2.16. The maximum Gasteiger partial charge on any atom is 0.316 e. The summed E-state index contributed by atoms with van der Waals surface area (Å²) < 4.78 is 2.59. The predicted molar refractivity (Wildman–Crippen MR) is 113 cm³/mol. The number of fused-ring (bicyclic) bond motifs is 2. The van der Waals surface area contributed by atoms with E-state index in [0.29, 0.717) is 21.9 Å². The molecule has 0 bridgehead atoms. The Labute approximate surface area is 169 Å². The first-order valence-electron chi connectivity index (χ1n) is 9.43. The minimum absolute atomic E-state index is 0.117. The van der Waals surface area contributed by atoms with Crippen LogP contribution in [-0.2, 0) is 11.3 Å². The second-order valence-electron chi connectivity index (χ2n) is 6.87. The van der Waals surface area contributed by atoms with Crippen molar-refractivity contribution in [3.05, 3.63) is 85.9 Å². The molecule has 0 radical (unpaired) electrons. The Morgan fingerprint density at radius 1 is 1.07 bits per heavy atom. The molecule has 152 valence electrons. The minimum atomic E-state index is -0.790. The van der Waals surface area contributed by atoms with E-state index >= 15 is 0 Å². The fourth-order valence-electron chi connectivity index (χ4n) is 3.37. The van der Waals surface area contributed by atoms with Crippen molar-refractivity contribution >= 4 is 27.8 Å². The van der Waals surface area contributed by atoms with Crippen molar-refractivity contribution in [3.63, 3.8) is 0 Å². The number of nitrogens with zero attached hydrogens (tertiary/aromatic N) is 3. The molecule has 0 aliphatic rings. The number of rotatable bonds is 5. The number of hydrogen-bond donors (Lipinski definition) is 2. The number of nitrogens with one attached hydrogen (secondary N) is 2. The molecule has 0 aliphatic heterocycles. The fourth-order valence-corrected chi connectivity index (χ4v) is 3.37. The first-order valence-corrected chi connectivity index (χ1v) is 9.43. The molecule has 1 atom stereocenters. The van der Waals surface area contributed by atoms with Crippen LogP contribution in [0.15, 0.2) is 69.2 Å². The van der Waals surface area contributed by atoms with Crippen molar-refractivity contribution in [2.45, 2.75) is 19.5 Å². The summed E-state index contributed by atoms with van der Waals surface area (Å²) in [5, 5.41) is 3.15. The van der Waals surface area contributed by atoms with E-state index in [4.69, 9.17) is 0 Å². The highest BCUT2D eigenvalue weighted by Gasteiger charge is 2.17. The maximum absolute atomic E-state index is 12.7. The van der Waals surface area contributed by atoms with E-state index in [1.54, 1.807) is 55.5 Å². The van der Waals surface area contributed by atoms with Crippen LogP contribution in [0.2, 0.25) is 0 Å². The molecule has 30 heavy (non-hydrogen) atoms. The van der Waals surface area contributed by atoms with Crippen molar-refractivity contribution in [2.24, 2.45) is 0 Å². The van der Waals surface area contributed by atoms with Crippen LogP contribution in [0.1, 0.15) is 13.0 Å². The summed E-state index contributed by atoms with van der Waals surface area (Å²) >= 11 is 0. The molecule has 0 spiro atoms. The Bertz CT molecular complexity index is 1430. The molecule has 2 aromatic carbocycles. The lowest BCUT2D eigenvalue weighted by molar-refractivity contribution is -0.123. The molecule has 1 unspecified atom stereocenters. The molecule has 2 heterocycles. The normalized spacial score (nSPS) is 12.2. The van der Waals surface area contributed by atoms with Crippen LogP contribution in [0.25, 0.3) is 21.9 Å². The van der Waals surface area contributed by atoms with Crippen molar-refractivity contribution in [1.82, 2.24) is 24.4 Å². The Kier molecular flexibility index (Phi) is 5.01. The molecular formula is C21H19N5O4. The number of para-hydroxylation sites is 3. The van der Waals surface area contributed by atoms with Crippen LogP contribution in [0.4, 0.5) is 0 Å². The van der Waals surface area contributed by atoms with E-state index in [1.165, 1.54) is 15.5 Å². The zero-order valence-corrected chi connectivity index (χ0v) is 16.2. The third-order valence-electron chi connectivity index (χ3n) is 5.00. The number of aromatic amines is 1. The average Bonchev–Trinajstić information content (AvgIpc) is 2.76. The Morgan fingerprint density at radius 2 is 1.80 bits per heavy atom. The van der Waals surface area contributed by atoms with Gasteiger partial charge in [0.15, 0.2) is 0 Å². The smallest absolute Gasteiger partial charge is 0.316 e. The largest absolute Gasteiger partial charge is 0.353 e. The van der Waals surface area contributed by atoms with Gasteiger partial charge in [-0.05, 0) is 31.2 Å². The maximum atomic E-state index is 12.7. The molecule has 9 nitrogen and oxygen atoms in total. The van der Waals surface area contributed by atoms with Gasteiger partial charge in [0.05, 0.1) is 28.3 Å². The highest BCUT2D eigenvalue weighted by molar-refractivity contribution is 5.81. The van der Waals surface area contributed by atoms with Crippen LogP contribution < -0.4 is 22.0 Å². The molecule has 0 aliphatic carbocycles. The molecule has 4 rings (SSSR count). The quantitative estimate of drug-likeness (QED) is 0.476. The SMILES string of the molecule is CC(C(=O)NCCn1c(=O)c(=O)[nH]c2ccccc21)n1cnc2ccccc2c1=O. The second kappa shape index (κ2) is 7.78. The minimum Gasteiger partial charge on any atom is -0.353 e. The van der Waals surface area contributed by atoms with E-state index < -0.39 is 23.1 Å². The van der Waals surface area contributed by atoms with E-state index in [9.17, 15) is 19.2 Å². The summed E-state index contributed by atoms with van der Waals surface area (Å²) in [6.07, 6.45) is 1.35. The van der Waals surface area contributed by atoms with Gasteiger partial charge in [-0.15, -0.1) is 0 Å². The highest BCUT2D eigenvalue weighted by atomic mass is 16.2. The van der Waals surface area contributed by atoms with Crippen molar-refractivity contribution < 1.29 is 4.79 Å². The monoisotopic (exact) mass is 405 g/mol. The zero-order valence-electron chi connectivity index (χ0n) is 16.2. The highest BCUT2D eigenvalue weighted by Crippen LogP contribution is 2.09. The number of aromatic nitrogens is 4. The molecular weight excluding hydrogens is 386 g/mol.